The molecule has 0 fully saturated rings. The van der Waals surface area contributed by atoms with Gasteiger partial charge < -0.3 is 4.74 Å². The fourth-order valence-electron chi connectivity index (χ4n) is 1.66. The van der Waals surface area contributed by atoms with E-state index in [9.17, 15) is 4.79 Å². The number of carbonyl (C=O) groups is 1. The van der Waals surface area contributed by atoms with Gasteiger partial charge in [-0.05, 0) is 36.2 Å². The van der Waals surface area contributed by atoms with Gasteiger partial charge in [-0.1, -0.05) is 41.9 Å². The maximum Gasteiger partial charge on any atom is 0.277 e. The highest BCUT2D eigenvalue weighted by atomic mass is 35.5. The predicted molar refractivity (Wildman–Crippen MR) is 83.9 cm³/mol. The summed E-state index contributed by atoms with van der Waals surface area (Å²) in [5.74, 6) is 0.364. The lowest BCUT2D eigenvalue weighted by Gasteiger charge is -2.07. The number of halogens is 1. The number of hydrogen-bond acceptors (Lipinski definition) is 3. The zero-order chi connectivity index (χ0) is 15.1. The number of carbonyl (C=O) groups excluding carboxylic acids is 1. The molecule has 0 saturated heterocycles. The fourth-order valence-corrected chi connectivity index (χ4v) is 1.86. The van der Waals surface area contributed by atoms with Crippen molar-refractivity contribution in [2.45, 2.75) is 6.92 Å². The number of nitrogens with one attached hydrogen (secondary N) is 1. The van der Waals surface area contributed by atoms with Gasteiger partial charge in [0.1, 0.15) is 5.75 Å². The summed E-state index contributed by atoms with van der Waals surface area (Å²) in [7, 11) is 0. The number of amides is 1. The molecule has 0 aromatic heterocycles. The third-order valence-electron chi connectivity index (χ3n) is 2.70. The Morgan fingerprint density at radius 3 is 2.86 bits per heavy atom. The van der Waals surface area contributed by atoms with Crippen molar-refractivity contribution in [1.82, 2.24) is 5.43 Å². The van der Waals surface area contributed by atoms with Gasteiger partial charge in [0.05, 0.1) is 6.21 Å². The van der Waals surface area contributed by atoms with E-state index < -0.39 is 0 Å². The van der Waals surface area contributed by atoms with Crippen LogP contribution in [0.15, 0.2) is 53.6 Å². The summed E-state index contributed by atoms with van der Waals surface area (Å²) in [6, 6.07) is 14.7. The summed E-state index contributed by atoms with van der Waals surface area (Å²) < 4.78 is 5.41. The highest BCUT2D eigenvalue weighted by molar-refractivity contribution is 6.30. The Bertz CT molecular complexity index is 656. The Hall–Kier alpha value is -2.33. The topological polar surface area (TPSA) is 50.7 Å². The molecule has 2 aromatic rings. The second kappa shape index (κ2) is 7.45. The molecule has 0 aliphatic rings. The summed E-state index contributed by atoms with van der Waals surface area (Å²) in [5.41, 5.74) is 4.19. The SMILES string of the molecule is Cc1ccccc1OCC(=O)N/N=C\c1cccc(Cl)c1. The van der Waals surface area contributed by atoms with Gasteiger partial charge in [0.2, 0.25) is 0 Å². The molecule has 0 aliphatic carbocycles. The van der Waals surface area contributed by atoms with Crippen LogP contribution in [0.5, 0.6) is 5.75 Å². The third-order valence-corrected chi connectivity index (χ3v) is 2.94. The van der Waals surface area contributed by atoms with E-state index in [-0.39, 0.29) is 12.5 Å². The van der Waals surface area contributed by atoms with Gasteiger partial charge >= 0.3 is 0 Å². The summed E-state index contributed by atoms with van der Waals surface area (Å²) in [4.78, 5) is 11.6. The summed E-state index contributed by atoms with van der Waals surface area (Å²) in [6.07, 6.45) is 1.53. The maximum absolute atomic E-state index is 11.6. The molecule has 1 N–H and O–H groups in total. The quantitative estimate of drug-likeness (QED) is 0.681. The first-order chi connectivity index (χ1) is 10.1. The van der Waals surface area contributed by atoms with Crippen LogP contribution in [0.3, 0.4) is 0 Å². The van der Waals surface area contributed by atoms with Crippen molar-refractivity contribution in [2.24, 2.45) is 5.10 Å². The molecule has 2 aromatic carbocycles. The van der Waals surface area contributed by atoms with Gasteiger partial charge in [0.25, 0.3) is 5.91 Å². The van der Waals surface area contributed by atoms with Crippen LogP contribution in [0.1, 0.15) is 11.1 Å². The minimum absolute atomic E-state index is 0.0856. The lowest BCUT2D eigenvalue weighted by Crippen LogP contribution is -2.24. The minimum Gasteiger partial charge on any atom is -0.483 e. The van der Waals surface area contributed by atoms with Gasteiger partial charge in [-0.25, -0.2) is 5.43 Å². The smallest absolute Gasteiger partial charge is 0.277 e. The molecule has 2 rings (SSSR count). The maximum atomic E-state index is 11.6. The fraction of sp³-hybridized carbons (Fsp3) is 0.125. The van der Waals surface area contributed by atoms with E-state index in [0.717, 1.165) is 11.1 Å². The molecule has 21 heavy (non-hydrogen) atoms. The highest BCUT2D eigenvalue weighted by Gasteiger charge is 2.02. The molecular weight excluding hydrogens is 288 g/mol. The lowest BCUT2D eigenvalue weighted by molar-refractivity contribution is -0.123. The van der Waals surface area contributed by atoms with Crippen molar-refractivity contribution in [3.05, 3.63) is 64.7 Å². The molecule has 108 valence electrons. The molecular formula is C16H15ClN2O2. The van der Waals surface area contributed by atoms with Crippen LogP contribution < -0.4 is 10.2 Å². The van der Waals surface area contributed by atoms with E-state index >= 15 is 0 Å². The van der Waals surface area contributed by atoms with Crippen LogP contribution in [-0.2, 0) is 4.79 Å². The highest BCUT2D eigenvalue weighted by Crippen LogP contribution is 2.15. The molecule has 5 heteroatoms. The van der Waals surface area contributed by atoms with Gasteiger partial charge in [-0.15, -0.1) is 0 Å². The van der Waals surface area contributed by atoms with Crippen molar-refractivity contribution < 1.29 is 9.53 Å². The first-order valence-corrected chi connectivity index (χ1v) is 6.79. The number of ether oxygens (including phenoxy) is 1. The number of para-hydroxylation sites is 1. The van der Waals surface area contributed by atoms with Crippen LogP contribution in [-0.4, -0.2) is 18.7 Å². The van der Waals surface area contributed by atoms with E-state index in [1.165, 1.54) is 6.21 Å². The van der Waals surface area contributed by atoms with Crippen molar-refractivity contribution >= 4 is 23.7 Å². The average Bonchev–Trinajstić information content (AvgIpc) is 2.46. The van der Waals surface area contributed by atoms with Gasteiger partial charge in [0.15, 0.2) is 6.61 Å². The Balaban J connectivity index is 1.81. The standard InChI is InChI=1S/C16H15ClN2O2/c1-12-5-2-3-8-15(12)21-11-16(20)19-18-10-13-6-4-7-14(17)9-13/h2-10H,11H2,1H3,(H,19,20)/b18-10-. The molecule has 0 heterocycles. The molecule has 0 unspecified atom stereocenters. The number of nitrogens with zero attached hydrogens (tertiary/aromatic N) is 1. The molecule has 0 aliphatic heterocycles. The molecule has 0 atom stereocenters. The van der Waals surface area contributed by atoms with Crippen LogP contribution in [0.2, 0.25) is 5.02 Å². The van der Waals surface area contributed by atoms with E-state index in [2.05, 4.69) is 10.5 Å². The number of rotatable bonds is 5. The molecule has 0 radical (unpaired) electrons. The zero-order valence-electron chi connectivity index (χ0n) is 11.5. The van der Waals surface area contributed by atoms with Crippen molar-refractivity contribution in [1.29, 1.82) is 0 Å². The number of aryl methyl sites for hydroxylation is 1. The van der Waals surface area contributed by atoms with Crippen molar-refractivity contribution in [3.8, 4) is 5.75 Å². The first-order valence-electron chi connectivity index (χ1n) is 6.41. The predicted octanol–water partition coefficient (Wildman–Crippen LogP) is 3.18. The molecule has 0 saturated carbocycles. The normalized spacial score (nSPS) is 10.6. The summed E-state index contributed by atoms with van der Waals surface area (Å²) >= 11 is 5.85. The van der Waals surface area contributed by atoms with Crippen LogP contribution in [0, 0.1) is 6.92 Å². The monoisotopic (exact) mass is 302 g/mol. The van der Waals surface area contributed by atoms with Crippen molar-refractivity contribution in [2.75, 3.05) is 6.61 Å². The van der Waals surface area contributed by atoms with Crippen molar-refractivity contribution in [3.63, 3.8) is 0 Å². The van der Waals surface area contributed by atoms with E-state index in [4.69, 9.17) is 16.3 Å². The Morgan fingerprint density at radius 1 is 1.29 bits per heavy atom. The Kier molecular flexibility index (Phi) is 5.35. The van der Waals surface area contributed by atoms with Crippen LogP contribution >= 0.6 is 11.6 Å². The van der Waals surface area contributed by atoms with E-state index in [1.807, 2.05) is 43.3 Å². The zero-order valence-corrected chi connectivity index (χ0v) is 12.3. The second-order valence-electron chi connectivity index (χ2n) is 4.40. The molecule has 0 spiro atoms. The Labute approximate surface area is 128 Å². The van der Waals surface area contributed by atoms with Crippen LogP contribution in [0.25, 0.3) is 0 Å². The largest absolute Gasteiger partial charge is 0.483 e. The Morgan fingerprint density at radius 2 is 2.10 bits per heavy atom. The molecule has 0 bridgehead atoms. The van der Waals surface area contributed by atoms with Gasteiger partial charge in [0, 0.05) is 5.02 Å². The van der Waals surface area contributed by atoms with E-state index in [1.54, 1.807) is 12.1 Å². The second-order valence-corrected chi connectivity index (χ2v) is 4.84. The van der Waals surface area contributed by atoms with Crippen LogP contribution in [0.4, 0.5) is 0 Å². The number of hydrogen-bond donors (Lipinski definition) is 1. The minimum atomic E-state index is -0.323. The number of hydrazone groups is 1. The number of benzene rings is 2. The van der Waals surface area contributed by atoms with Gasteiger partial charge in [-0.3, -0.25) is 4.79 Å². The van der Waals surface area contributed by atoms with E-state index in [0.29, 0.717) is 10.8 Å². The first kappa shape index (κ1) is 15.1. The molecule has 1 amide bonds. The average molecular weight is 303 g/mol. The molecule has 4 nitrogen and oxygen atoms in total. The third kappa shape index (κ3) is 4.93. The van der Waals surface area contributed by atoms with Gasteiger partial charge in [-0.2, -0.15) is 5.10 Å². The summed E-state index contributed by atoms with van der Waals surface area (Å²) in [5, 5.41) is 4.47. The lowest BCUT2D eigenvalue weighted by atomic mass is 10.2. The summed E-state index contributed by atoms with van der Waals surface area (Å²) in [6.45, 7) is 1.84.